The van der Waals surface area contributed by atoms with E-state index in [2.05, 4.69) is 17.1 Å². The molecule has 0 spiro atoms. The number of nitrogens with one attached hydrogen (secondary N) is 1. The van der Waals surface area contributed by atoms with Crippen LogP contribution in [0.2, 0.25) is 0 Å². The van der Waals surface area contributed by atoms with Crippen molar-refractivity contribution in [3.8, 4) is 11.5 Å². The van der Waals surface area contributed by atoms with E-state index in [1.807, 2.05) is 6.92 Å². The molecular formula is C19H25N3O4. The summed E-state index contributed by atoms with van der Waals surface area (Å²) in [6.45, 7) is 7.61. The topological polar surface area (TPSA) is 80.2 Å². The van der Waals surface area contributed by atoms with Gasteiger partial charge in [0.2, 0.25) is 0 Å². The van der Waals surface area contributed by atoms with Gasteiger partial charge in [-0.3, -0.25) is 9.59 Å². The normalized spacial score (nSPS) is 14.1. The minimum Gasteiger partial charge on any atom is -0.490 e. The van der Waals surface area contributed by atoms with Crippen molar-refractivity contribution in [2.45, 2.75) is 26.2 Å². The standard InChI is InChI=1S/C19H25N3O4/c1-3-12-26-16-9-8-15(13-17(16)25-4-2)14-20-21-18(23)19(24)22-10-6-5-7-11-22/h3,8-9,13-14H,1,4-7,10-12H2,2H3,(H,21,23)/b20-14+. The summed E-state index contributed by atoms with van der Waals surface area (Å²) >= 11 is 0. The summed E-state index contributed by atoms with van der Waals surface area (Å²) in [5.74, 6) is -0.0774. The fourth-order valence-corrected chi connectivity index (χ4v) is 2.60. The molecule has 1 aromatic rings. The third kappa shape index (κ3) is 5.61. The van der Waals surface area contributed by atoms with Crippen LogP contribution in [0, 0.1) is 0 Å². The zero-order chi connectivity index (χ0) is 18.8. The Morgan fingerprint density at radius 3 is 2.69 bits per heavy atom. The van der Waals surface area contributed by atoms with Gasteiger partial charge in [0.15, 0.2) is 11.5 Å². The van der Waals surface area contributed by atoms with Crippen LogP contribution >= 0.6 is 0 Å². The number of piperidine rings is 1. The van der Waals surface area contributed by atoms with Crippen LogP contribution < -0.4 is 14.9 Å². The lowest BCUT2D eigenvalue weighted by atomic mass is 10.1. The molecule has 7 nitrogen and oxygen atoms in total. The van der Waals surface area contributed by atoms with Gasteiger partial charge in [-0.15, -0.1) is 0 Å². The minimum absolute atomic E-state index is 0.377. The van der Waals surface area contributed by atoms with Crippen molar-refractivity contribution in [2.24, 2.45) is 5.10 Å². The van der Waals surface area contributed by atoms with E-state index in [-0.39, 0.29) is 0 Å². The Labute approximate surface area is 153 Å². The maximum atomic E-state index is 12.0. The Hall–Kier alpha value is -2.83. The second kappa shape index (κ2) is 10.2. The highest BCUT2D eigenvalue weighted by atomic mass is 16.5. The Morgan fingerprint density at radius 2 is 2.00 bits per heavy atom. The number of amides is 2. The number of carbonyl (C=O) groups excluding carboxylic acids is 2. The van der Waals surface area contributed by atoms with E-state index in [9.17, 15) is 9.59 Å². The van der Waals surface area contributed by atoms with Crippen molar-refractivity contribution >= 4 is 18.0 Å². The van der Waals surface area contributed by atoms with Crippen molar-refractivity contribution in [3.63, 3.8) is 0 Å². The van der Waals surface area contributed by atoms with Crippen LogP contribution in [-0.2, 0) is 9.59 Å². The van der Waals surface area contributed by atoms with E-state index in [1.54, 1.807) is 29.2 Å². The van der Waals surface area contributed by atoms with Crippen LogP contribution in [0.15, 0.2) is 36.0 Å². The first kappa shape index (κ1) is 19.5. The van der Waals surface area contributed by atoms with E-state index >= 15 is 0 Å². The Kier molecular flexibility index (Phi) is 7.67. The molecule has 1 aromatic carbocycles. The van der Waals surface area contributed by atoms with E-state index in [4.69, 9.17) is 9.47 Å². The van der Waals surface area contributed by atoms with Crippen LogP contribution in [0.4, 0.5) is 0 Å². The van der Waals surface area contributed by atoms with E-state index < -0.39 is 11.8 Å². The molecule has 140 valence electrons. The molecule has 0 aliphatic carbocycles. The zero-order valence-corrected chi connectivity index (χ0v) is 15.1. The van der Waals surface area contributed by atoms with Gasteiger partial charge < -0.3 is 14.4 Å². The quantitative estimate of drug-likeness (QED) is 0.350. The van der Waals surface area contributed by atoms with E-state index in [0.29, 0.717) is 43.4 Å². The second-order valence-electron chi connectivity index (χ2n) is 5.79. The highest BCUT2D eigenvalue weighted by Gasteiger charge is 2.22. The number of benzene rings is 1. The highest BCUT2D eigenvalue weighted by Crippen LogP contribution is 2.28. The van der Waals surface area contributed by atoms with Crippen LogP contribution in [0.1, 0.15) is 31.7 Å². The molecule has 1 aliphatic heterocycles. The third-order valence-electron chi connectivity index (χ3n) is 3.84. The smallest absolute Gasteiger partial charge is 0.329 e. The summed E-state index contributed by atoms with van der Waals surface area (Å²) in [4.78, 5) is 25.5. The molecule has 0 atom stereocenters. The van der Waals surface area contributed by atoms with Gasteiger partial charge in [0.25, 0.3) is 0 Å². The summed E-state index contributed by atoms with van der Waals surface area (Å²) in [6, 6.07) is 5.30. The Morgan fingerprint density at radius 1 is 1.23 bits per heavy atom. The van der Waals surface area contributed by atoms with Crippen LogP contribution in [0.5, 0.6) is 11.5 Å². The summed E-state index contributed by atoms with van der Waals surface area (Å²) in [5, 5.41) is 3.87. The molecule has 7 heteroatoms. The second-order valence-corrected chi connectivity index (χ2v) is 5.79. The molecule has 1 aliphatic rings. The maximum absolute atomic E-state index is 12.0. The SMILES string of the molecule is C=CCOc1ccc(/C=N/NC(=O)C(=O)N2CCCCC2)cc1OCC. The van der Waals surface area contributed by atoms with E-state index in [1.165, 1.54) is 6.21 Å². The predicted molar refractivity (Wildman–Crippen MR) is 99.5 cm³/mol. The number of ether oxygens (including phenoxy) is 2. The van der Waals surface area contributed by atoms with Gasteiger partial charge in [-0.25, -0.2) is 5.43 Å². The van der Waals surface area contributed by atoms with Crippen LogP contribution in [-0.4, -0.2) is 49.2 Å². The molecule has 1 N–H and O–H groups in total. The molecule has 0 aromatic heterocycles. The van der Waals surface area contributed by atoms with Gasteiger partial charge >= 0.3 is 11.8 Å². The maximum Gasteiger partial charge on any atom is 0.329 e. The predicted octanol–water partition coefficient (Wildman–Crippen LogP) is 2.11. The van der Waals surface area contributed by atoms with Crippen LogP contribution in [0.25, 0.3) is 0 Å². The van der Waals surface area contributed by atoms with Crippen molar-refractivity contribution in [1.29, 1.82) is 0 Å². The summed E-state index contributed by atoms with van der Waals surface area (Å²) < 4.78 is 11.1. The summed E-state index contributed by atoms with van der Waals surface area (Å²) in [6.07, 6.45) is 6.07. The number of hydrogen-bond donors (Lipinski definition) is 1. The zero-order valence-electron chi connectivity index (χ0n) is 15.1. The summed E-state index contributed by atoms with van der Waals surface area (Å²) in [7, 11) is 0. The van der Waals surface area contributed by atoms with Gasteiger partial charge in [-0.1, -0.05) is 12.7 Å². The van der Waals surface area contributed by atoms with Crippen LogP contribution in [0.3, 0.4) is 0 Å². The minimum atomic E-state index is -0.723. The molecule has 1 fully saturated rings. The monoisotopic (exact) mass is 359 g/mol. The lowest BCUT2D eigenvalue weighted by Crippen LogP contribution is -2.43. The molecule has 0 radical (unpaired) electrons. The molecular weight excluding hydrogens is 334 g/mol. The van der Waals surface area contributed by atoms with Gasteiger partial charge in [0, 0.05) is 13.1 Å². The molecule has 2 rings (SSSR count). The highest BCUT2D eigenvalue weighted by molar-refractivity contribution is 6.35. The van der Waals surface area contributed by atoms with Crippen molar-refractivity contribution in [1.82, 2.24) is 10.3 Å². The first-order valence-electron chi connectivity index (χ1n) is 8.78. The fraction of sp³-hybridized carbons (Fsp3) is 0.421. The molecule has 2 amide bonds. The Balaban J connectivity index is 1.95. The lowest BCUT2D eigenvalue weighted by molar-refractivity contribution is -0.146. The van der Waals surface area contributed by atoms with Crippen molar-refractivity contribution < 1.29 is 19.1 Å². The molecule has 1 saturated heterocycles. The largest absolute Gasteiger partial charge is 0.490 e. The average molecular weight is 359 g/mol. The fourth-order valence-electron chi connectivity index (χ4n) is 2.60. The molecule has 1 heterocycles. The van der Waals surface area contributed by atoms with Gasteiger partial charge in [-0.05, 0) is 49.9 Å². The first-order valence-corrected chi connectivity index (χ1v) is 8.78. The van der Waals surface area contributed by atoms with Crippen molar-refractivity contribution in [2.75, 3.05) is 26.3 Å². The number of rotatable bonds is 7. The number of nitrogens with zero attached hydrogens (tertiary/aromatic N) is 2. The number of likely N-dealkylation sites (tertiary alicyclic amines) is 1. The first-order chi connectivity index (χ1) is 12.7. The average Bonchev–Trinajstić information content (AvgIpc) is 2.67. The number of hydrogen-bond acceptors (Lipinski definition) is 5. The molecule has 0 saturated carbocycles. The van der Waals surface area contributed by atoms with Crippen molar-refractivity contribution in [3.05, 3.63) is 36.4 Å². The number of hydrazone groups is 1. The van der Waals surface area contributed by atoms with Gasteiger partial charge in [-0.2, -0.15) is 5.10 Å². The van der Waals surface area contributed by atoms with Gasteiger partial charge in [0.05, 0.1) is 12.8 Å². The third-order valence-corrected chi connectivity index (χ3v) is 3.84. The molecule has 0 unspecified atom stereocenters. The molecule has 0 bridgehead atoms. The van der Waals surface area contributed by atoms with E-state index in [0.717, 1.165) is 19.3 Å². The summed E-state index contributed by atoms with van der Waals surface area (Å²) in [5.41, 5.74) is 3.00. The van der Waals surface area contributed by atoms with Gasteiger partial charge in [0.1, 0.15) is 6.61 Å². The number of carbonyl (C=O) groups is 2. The lowest BCUT2D eigenvalue weighted by Gasteiger charge is -2.25. The Bertz CT molecular complexity index is 667. The molecule has 26 heavy (non-hydrogen) atoms.